The van der Waals surface area contributed by atoms with Gasteiger partial charge in [-0.3, -0.25) is 4.90 Å². The van der Waals surface area contributed by atoms with E-state index in [2.05, 4.69) is 15.3 Å². The van der Waals surface area contributed by atoms with Gasteiger partial charge in [-0.1, -0.05) is 6.92 Å². The molecule has 53 heavy (non-hydrogen) atoms. The molecule has 0 unspecified atom stereocenters. The Balaban J connectivity index is 1.53. The highest BCUT2D eigenvalue weighted by Crippen LogP contribution is 2.43. The molecule has 2 aliphatic rings. The molecule has 9 nitrogen and oxygen atoms in total. The number of carbonyl (C=O) groups is 1. The minimum absolute atomic E-state index is 0.0212. The first-order valence-electron chi connectivity index (χ1n) is 17.0. The molecule has 5 rings (SSSR count). The van der Waals surface area contributed by atoms with Gasteiger partial charge < -0.3 is 24.8 Å². The van der Waals surface area contributed by atoms with Gasteiger partial charge in [-0.15, -0.1) is 0 Å². The Kier molecular flexibility index (Phi) is 12.3. The van der Waals surface area contributed by atoms with E-state index in [0.29, 0.717) is 69.8 Å². The number of fused-ring (bicyclic) bond motifs is 1. The second kappa shape index (κ2) is 16.4. The summed E-state index contributed by atoms with van der Waals surface area (Å²) in [6, 6.07) is 2.76. The summed E-state index contributed by atoms with van der Waals surface area (Å²) in [4.78, 5) is 25.3. The van der Waals surface area contributed by atoms with Crippen molar-refractivity contribution in [1.29, 1.82) is 0 Å². The fourth-order valence-corrected chi connectivity index (χ4v) is 6.43. The number of aliphatic hydroxyl groups is 1. The standard InChI is InChI=1S/C35H38F9N5O4/c1-2-25-19-27(26-18-22(33(36,37)38)6-7-29(26)49(25)32(51)53-11-5-3-4-10-50)46-31-45-20-30(48-8-12-52-13-9-48)28(47-31)16-21-14-23(34(39,40)41)17-24(15-21)35(42,43)44/h6-7,14-15,17-18,20,25,27,50H,2-5,8-13,16,19H2,1H3,(H,45,46,47)/t25-,27+/m1/s1. The number of benzene rings is 2. The van der Waals surface area contributed by atoms with E-state index in [0.717, 1.165) is 12.1 Å². The highest BCUT2D eigenvalue weighted by atomic mass is 19.4. The molecule has 0 saturated carbocycles. The van der Waals surface area contributed by atoms with Gasteiger partial charge in [-0.2, -0.15) is 39.5 Å². The third-order valence-corrected chi connectivity index (χ3v) is 9.08. The average Bonchev–Trinajstić information content (AvgIpc) is 3.10. The molecule has 1 fully saturated rings. The Labute approximate surface area is 299 Å². The number of nitrogens with zero attached hydrogens (tertiary/aromatic N) is 4. The van der Waals surface area contributed by atoms with E-state index in [1.807, 2.05) is 0 Å². The molecule has 1 saturated heterocycles. The number of halogens is 9. The molecule has 0 aliphatic carbocycles. The number of morpholine rings is 1. The number of unbranched alkanes of at least 4 members (excludes halogenated alkanes) is 2. The number of nitrogens with one attached hydrogen (secondary N) is 1. The van der Waals surface area contributed by atoms with Gasteiger partial charge in [-0.05, 0) is 79.6 Å². The van der Waals surface area contributed by atoms with E-state index >= 15 is 0 Å². The summed E-state index contributed by atoms with van der Waals surface area (Å²) in [5.74, 6) is -0.136. The Morgan fingerprint density at radius 1 is 0.906 bits per heavy atom. The van der Waals surface area contributed by atoms with Crippen LogP contribution in [0.25, 0.3) is 0 Å². The van der Waals surface area contributed by atoms with Crippen molar-refractivity contribution in [1.82, 2.24) is 9.97 Å². The first-order valence-corrected chi connectivity index (χ1v) is 17.0. The summed E-state index contributed by atoms with van der Waals surface area (Å²) >= 11 is 0. The monoisotopic (exact) mass is 763 g/mol. The smallest absolute Gasteiger partial charge is 0.416 e. The van der Waals surface area contributed by atoms with Gasteiger partial charge in [0.25, 0.3) is 0 Å². The van der Waals surface area contributed by atoms with Gasteiger partial charge in [0, 0.05) is 32.2 Å². The van der Waals surface area contributed by atoms with Crippen molar-refractivity contribution in [2.75, 3.05) is 54.6 Å². The molecule has 2 aromatic carbocycles. The molecule has 1 amide bonds. The van der Waals surface area contributed by atoms with E-state index in [1.54, 1.807) is 11.8 Å². The van der Waals surface area contributed by atoms with Crippen LogP contribution in [-0.2, 0) is 34.4 Å². The average molecular weight is 764 g/mol. The molecule has 2 aliphatic heterocycles. The van der Waals surface area contributed by atoms with Crippen molar-refractivity contribution in [3.63, 3.8) is 0 Å². The van der Waals surface area contributed by atoms with Crippen LogP contribution in [0.2, 0.25) is 0 Å². The third-order valence-electron chi connectivity index (χ3n) is 9.08. The summed E-state index contributed by atoms with van der Waals surface area (Å²) in [6.07, 6.45) is -12.7. The fraction of sp³-hybridized carbons (Fsp3) is 0.514. The second-order valence-corrected chi connectivity index (χ2v) is 12.8. The summed E-state index contributed by atoms with van der Waals surface area (Å²) in [5, 5.41) is 12.0. The van der Waals surface area contributed by atoms with Crippen LogP contribution in [0.15, 0.2) is 42.6 Å². The zero-order valence-electron chi connectivity index (χ0n) is 28.5. The van der Waals surface area contributed by atoms with Gasteiger partial charge in [0.1, 0.15) is 0 Å². The maximum absolute atomic E-state index is 13.9. The van der Waals surface area contributed by atoms with Crippen molar-refractivity contribution >= 4 is 23.4 Å². The highest BCUT2D eigenvalue weighted by Gasteiger charge is 2.40. The molecule has 0 radical (unpaired) electrons. The number of rotatable bonds is 11. The lowest BCUT2D eigenvalue weighted by Crippen LogP contribution is -2.46. The van der Waals surface area contributed by atoms with Gasteiger partial charge in [0.2, 0.25) is 5.95 Å². The zero-order valence-corrected chi connectivity index (χ0v) is 28.5. The number of ether oxygens (including phenoxy) is 2. The highest BCUT2D eigenvalue weighted by molar-refractivity contribution is 5.90. The van der Waals surface area contributed by atoms with Crippen LogP contribution < -0.4 is 15.1 Å². The van der Waals surface area contributed by atoms with Crippen LogP contribution >= 0.6 is 0 Å². The van der Waals surface area contributed by atoms with Crippen LogP contribution in [0, 0.1) is 0 Å². The number of anilines is 3. The fourth-order valence-electron chi connectivity index (χ4n) is 6.43. The van der Waals surface area contributed by atoms with Gasteiger partial charge >= 0.3 is 24.6 Å². The van der Waals surface area contributed by atoms with Crippen molar-refractivity contribution in [3.05, 3.63) is 76.1 Å². The number of aromatic nitrogens is 2. The minimum atomic E-state index is -5.07. The normalized spacial score (nSPS) is 18.2. The van der Waals surface area contributed by atoms with E-state index in [9.17, 15) is 44.3 Å². The summed E-state index contributed by atoms with van der Waals surface area (Å²) in [7, 11) is 0. The van der Waals surface area contributed by atoms with Crippen molar-refractivity contribution in [3.8, 4) is 0 Å². The van der Waals surface area contributed by atoms with Crippen molar-refractivity contribution in [2.45, 2.75) is 76.1 Å². The molecular formula is C35H38F9N5O4. The second-order valence-electron chi connectivity index (χ2n) is 12.8. The van der Waals surface area contributed by atoms with Crippen molar-refractivity contribution < 1.29 is 58.9 Å². The zero-order chi connectivity index (χ0) is 38.6. The van der Waals surface area contributed by atoms with Crippen molar-refractivity contribution in [2.24, 2.45) is 0 Å². The van der Waals surface area contributed by atoms with Gasteiger partial charge in [0.15, 0.2) is 0 Å². The van der Waals surface area contributed by atoms with E-state index in [1.165, 1.54) is 17.2 Å². The maximum Gasteiger partial charge on any atom is 0.416 e. The largest absolute Gasteiger partial charge is 0.449 e. The van der Waals surface area contributed by atoms with E-state index < -0.39 is 59.8 Å². The molecule has 1 aromatic heterocycles. The lowest BCUT2D eigenvalue weighted by molar-refractivity contribution is -0.143. The minimum Gasteiger partial charge on any atom is -0.449 e. The molecule has 0 spiro atoms. The molecule has 0 bridgehead atoms. The predicted octanol–water partition coefficient (Wildman–Crippen LogP) is 8.40. The number of aliphatic hydroxyl groups excluding tert-OH is 1. The summed E-state index contributed by atoms with van der Waals surface area (Å²) in [6.45, 7) is 3.05. The molecule has 290 valence electrons. The lowest BCUT2D eigenvalue weighted by Gasteiger charge is -2.40. The van der Waals surface area contributed by atoms with Crippen LogP contribution in [0.5, 0.6) is 0 Å². The summed E-state index contributed by atoms with van der Waals surface area (Å²) in [5.41, 5.74) is -3.62. The number of carbonyl (C=O) groups excluding carboxylic acids is 1. The first kappa shape index (κ1) is 39.9. The molecule has 2 N–H and O–H groups in total. The van der Waals surface area contributed by atoms with E-state index in [-0.39, 0.29) is 54.2 Å². The lowest BCUT2D eigenvalue weighted by atomic mass is 9.89. The van der Waals surface area contributed by atoms with Gasteiger partial charge in [-0.25, -0.2) is 14.8 Å². The SMILES string of the molecule is CC[C@@H]1C[C@H](Nc2ncc(N3CCOCC3)c(Cc3cc(C(F)(F)F)cc(C(F)(F)F)c3)n2)c2cc(C(F)(F)F)ccc2N1C(=O)OCCCCCO. The third kappa shape index (κ3) is 9.82. The first-order chi connectivity index (χ1) is 25.0. The predicted molar refractivity (Wildman–Crippen MR) is 176 cm³/mol. The number of hydrogen-bond donors (Lipinski definition) is 2. The van der Waals surface area contributed by atoms with E-state index in [4.69, 9.17) is 14.6 Å². The number of hydrogen-bond acceptors (Lipinski definition) is 8. The molecule has 3 aromatic rings. The van der Waals surface area contributed by atoms with Gasteiger partial charge in [0.05, 0.1) is 65.8 Å². The molecular weight excluding hydrogens is 725 g/mol. The quantitative estimate of drug-likeness (QED) is 0.149. The Hall–Kier alpha value is -4.32. The topological polar surface area (TPSA) is 100 Å². The number of amides is 1. The van der Waals surface area contributed by atoms with Crippen LogP contribution in [-0.4, -0.2) is 66.7 Å². The Morgan fingerprint density at radius 2 is 1.57 bits per heavy atom. The molecule has 3 heterocycles. The van der Waals surface area contributed by atoms with Crippen LogP contribution in [0.3, 0.4) is 0 Å². The summed E-state index contributed by atoms with van der Waals surface area (Å²) < 4.78 is 135. The Bertz CT molecular complexity index is 1700. The number of alkyl halides is 9. The molecule has 18 heteroatoms. The molecule has 2 atom stereocenters. The van der Waals surface area contributed by atoms with Crippen LogP contribution in [0.1, 0.15) is 78.6 Å². The van der Waals surface area contributed by atoms with Crippen LogP contribution in [0.4, 0.5) is 61.6 Å². The maximum atomic E-state index is 13.9. The Morgan fingerprint density at radius 3 is 2.17 bits per heavy atom.